The Labute approximate surface area is 256 Å². The lowest BCUT2D eigenvalue weighted by atomic mass is 10.1. The third kappa shape index (κ3) is 7.21. The fourth-order valence-corrected chi connectivity index (χ4v) is 8.33. The molecular formula is C33H34N2O6S2. The van der Waals surface area contributed by atoms with Crippen LogP contribution in [-0.4, -0.2) is 68.0 Å². The van der Waals surface area contributed by atoms with Crippen LogP contribution in [0.1, 0.15) is 17.5 Å². The van der Waals surface area contributed by atoms with Gasteiger partial charge in [-0.3, -0.25) is 9.59 Å². The number of hydrogen-bond donors (Lipinski definition) is 0. The van der Waals surface area contributed by atoms with Crippen molar-refractivity contribution in [3.05, 3.63) is 108 Å². The number of sulfonamides is 1. The Bertz CT molecular complexity index is 1670. The SMILES string of the molecule is COc1ccc(CS[C@@H]2C[C@@H](C(=O)N(C)CC(=O)OCc3ccccc3)N(S(=O)(=O)c3cccc4ccccc34)C2)cc1. The zero-order chi connectivity index (χ0) is 30.4. The zero-order valence-corrected chi connectivity index (χ0v) is 25.7. The van der Waals surface area contributed by atoms with Gasteiger partial charge in [0, 0.05) is 30.0 Å². The molecule has 1 heterocycles. The first-order chi connectivity index (χ1) is 20.8. The van der Waals surface area contributed by atoms with Crippen molar-refractivity contribution < 1.29 is 27.5 Å². The molecule has 10 heteroatoms. The Balaban J connectivity index is 1.35. The van der Waals surface area contributed by atoms with Crippen molar-refractivity contribution in [3.63, 3.8) is 0 Å². The monoisotopic (exact) mass is 618 g/mol. The molecule has 5 rings (SSSR count). The molecule has 0 spiro atoms. The van der Waals surface area contributed by atoms with E-state index in [2.05, 4.69) is 0 Å². The molecule has 43 heavy (non-hydrogen) atoms. The second kappa shape index (κ2) is 13.6. The van der Waals surface area contributed by atoms with Gasteiger partial charge in [0.25, 0.3) is 0 Å². The number of likely N-dealkylation sites (N-methyl/N-ethyl adjacent to an activating group) is 1. The van der Waals surface area contributed by atoms with Crippen LogP contribution in [0.3, 0.4) is 0 Å². The topological polar surface area (TPSA) is 93.2 Å². The van der Waals surface area contributed by atoms with Crippen LogP contribution in [0.25, 0.3) is 10.8 Å². The van der Waals surface area contributed by atoms with Gasteiger partial charge >= 0.3 is 5.97 Å². The minimum atomic E-state index is -4.05. The van der Waals surface area contributed by atoms with E-state index in [0.29, 0.717) is 17.6 Å². The van der Waals surface area contributed by atoms with Crippen LogP contribution >= 0.6 is 11.8 Å². The summed E-state index contributed by atoms with van der Waals surface area (Å²) >= 11 is 1.61. The standard InChI is InChI=1S/C33H34N2O6S2/c1-34(21-32(36)41-22-24-9-4-3-5-10-24)33(37)30-19-28(42-23-25-15-17-27(40-2)18-16-25)20-35(30)43(38,39)31-14-8-12-26-11-6-7-13-29(26)31/h3-18,28,30H,19-23H2,1-2H3/t28-,30+/m1/s1. The van der Waals surface area contributed by atoms with E-state index in [9.17, 15) is 18.0 Å². The van der Waals surface area contributed by atoms with Gasteiger partial charge in [0.15, 0.2) is 0 Å². The predicted octanol–water partition coefficient (Wildman–Crippen LogP) is 5.12. The van der Waals surface area contributed by atoms with E-state index >= 15 is 0 Å². The third-order valence-electron chi connectivity index (χ3n) is 7.47. The van der Waals surface area contributed by atoms with Crippen molar-refractivity contribution in [2.45, 2.75) is 35.0 Å². The molecule has 2 atom stereocenters. The number of hydrogen-bond acceptors (Lipinski definition) is 7. The van der Waals surface area contributed by atoms with E-state index in [4.69, 9.17) is 9.47 Å². The van der Waals surface area contributed by atoms with Gasteiger partial charge < -0.3 is 14.4 Å². The first-order valence-electron chi connectivity index (χ1n) is 13.9. The lowest BCUT2D eigenvalue weighted by molar-refractivity contribution is -0.150. The molecule has 8 nitrogen and oxygen atoms in total. The largest absolute Gasteiger partial charge is 0.497 e. The van der Waals surface area contributed by atoms with Crippen LogP contribution in [-0.2, 0) is 36.7 Å². The summed E-state index contributed by atoms with van der Waals surface area (Å²) in [6, 6.07) is 28.5. The van der Waals surface area contributed by atoms with Crippen LogP contribution < -0.4 is 4.74 Å². The van der Waals surface area contributed by atoms with Gasteiger partial charge in [-0.1, -0.05) is 78.9 Å². The summed E-state index contributed by atoms with van der Waals surface area (Å²) in [5, 5.41) is 1.27. The normalized spacial score (nSPS) is 17.1. The lowest BCUT2D eigenvalue weighted by Gasteiger charge is -2.27. The van der Waals surface area contributed by atoms with Crippen molar-refractivity contribution in [2.24, 2.45) is 0 Å². The first-order valence-corrected chi connectivity index (χ1v) is 16.4. The number of rotatable bonds is 11. The molecule has 1 aliphatic heterocycles. The van der Waals surface area contributed by atoms with Crippen molar-refractivity contribution in [1.29, 1.82) is 0 Å². The summed E-state index contributed by atoms with van der Waals surface area (Å²) < 4.78 is 40.3. The average molecular weight is 619 g/mol. The number of thioether (sulfide) groups is 1. The number of benzene rings is 4. The van der Waals surface area contributed by atoms with Gasteiger partial charge in [0.1, 0.15) is 24.9 Å². The number of amides is 1. The van der Waals surface area contributed by atoms with Crippen LogP contribution in [0.4, 0.5) is 0 Å². The Morgan fingerprint density at radius 1 is 0.907 bits per heavy atom. The van der Waals surface area contributed by atoms with Crippen molar-refractivity contribution >= 4 is 44.4 Å². The van der Waals surface area contributed by atoms with Crippen LogP contribution in [0.15, 0.2) is 102 Å². The number of ether oxygens (including phenoxy) is 2. The van der Waals surface area contributed by atoms with E-state index in [-0.39, 0.29) is 29.8 Å². The number of nitrogens with zero attached hydrogens (tertiary/aromatic N) is 2. The van der Waals surface area contributed by atoms with E-state index in [1.165, 1.54) is 16.3 Å². The minimum Gasteiger partial charge on any atom is -0.497 e. The van der Waals surface area contributed by atoms with Crippen molar-refractivity contribution in [2.75, 3.05) is 27.2 Å². The number of fused-ring (bicyclic) bond motifs is 1. The maximum atomic E-state index is 14.2. The molecule has 1 saturated heterocycles. The molecule has 0 unspecified atom stereocenters. The van der Waals surface area contributed by atoms with Gasteiger partial charge in [-0.25, -0.2) is 8.42 Å². The fourth-order valence-electron chi connectivity index (χ4n) is 5.17. The maximum Gasteiger partial charge on any atom is 0.325 e. The second-order valence-electron chi connectivity index (χ2n) is 10.4. The highest BCUT2D eigenvalue weighted by Crippen LogP contribution is 2.36. The summed E-state index contributed by atoms with van der Waals surface area (Å²) in [6.07, 6.45) is 0.326. The van der Waals surface area contributed by atoms with Gasteiger partial charge in [0.2, 0.25) is 15.9 Å². The zero-order valence-electron chi connectivity index (χ0n) is 24.1. The van der Waals surface area contributed by atoms with Gasteiger partial charge in [-0.2, -0.15) is 16.1 Å². The maximum absolute atomic E-state index is 14.2. The number of carbonyl (C=O) groups excluding carboxylic acids is 2. The highest BCUT2D eigenvalue weighted by molar-refractivity contribution is 7.99. The van der Waals surface area contributed by atoms with Crippen molar-refractivity contribution in [3.8, 4) is 5.75 Å². The van der Waals surface area contributed by atoms with Gasteiger partial charge in [0.05, 0.1) is 12.0 Å². The van der Waals surface area contributed by atoms with Crippen molar-refractivity contribution in [1.82, 2.24) is 9.21 Å². The molecule has 0 N–H and O–H groups in total. The molecule has 224 valence electrons. The minimum absolute atomic E-state index is 0.0940. The molecule has 0 aliphatic carbocycles. The van der Waals surface area contributed by atoms with Crippen LogP contribution in [0.5, 0.6) is 5.75 Å². The highest BCUT2D eigenvalue weighted by atomic mass is 32.2. The molecule has 1 amide bonds. The summed E-state index contributed by atoms with van der Waals surface area (Å²) in [6.45, 7) is -0.0140. The predicted molar refractivity (Wildman–Crippen MR) is 168 cm³/mol. The Hall–Kier alpha value is -3.86. The molecule has 0 bridgehead atoms. The van der Waals surface area contributed by atoms with E-state index in [1.807, 2.05) is 72.8 Å². The Morgan fingerprint density at radius 3 is 2.35 bits per heavy atom. The van der Waals surface area contributed by atoms with Gasteiger partial charge in [-0.05, 0) is 41.1 Å². The smallest absolute Gasteiger partial charge is 0.325 e. The van der Waals surface area contributed by atoms with E-state index in [0.717, 1.165) is 22.3 Å². The molecule has 0 saturated carbocycles. The molecule has 1 aliphatic rings. The molecule has 1 fully saturated rings. The summed E-state index contributed by atoms with van der Waals surface area (Å²) in [5.41, 5.74) is 1.91. The second-order valence-corrected chi connectivity index (χ2v) is 13.6. The molecule has 4 aromatic rings. The number of esters is 1. The first kappa shape index (κ1) is 30.6. The number of methoxy groups -OCH3 is 1. The fraction of sp³-hybridized carbons (Fsp3) is 0.273. The highest BCUT2D eigenvalue weighted by Gasteiger charge is 2.45. The van der Waals surface area contributed by atoms with E-state index in [1.54, 1.807) is 43.1 Å². The van der Waals surface area contributed by atoms with E-state index < -0.39 is 27.9 Å². The van der Waals surface area contributed by atoms with Crippen LogP contribution in [0.2, 0.25) is 0 Å². The summed E-state index contributed by atoms with van der Waals surface area (Å²) in [7, 11) is -0.931. The Kier molecular flexibility index (Phi) is 9.69. The molecule has 0 aromatic heterocycles. The quantitative estimate of drug-likeness (QED) is 0.216. The summed E-state index contributed by atoms with van der Waals surface area (Å²) in [4.78, 5) is 27.8. The average Bonchev–Trinajstić information content (AvgIpc) is 3.48. The summed E-state index contributed by atoms with van der Waals surface area (Å²) in [5.74, 6) is 0.414. The molecule has 4 aromatic carbocycles. The van der Waals surface area contributed by atoms with Crippen LogP contribution in [0, 0.1) is 0 Å². The number of carbonyl (C=O) groups is 2. The third-order valence-corrected chi connectivity index (χ3v) is 10.7. The lowest BCUT2D eigenvalue weighted by Crippen LogP contribution is -2.47. The van der Waals surface area contributed by atoms with Gasteiger partial charge in [-0.15, -0.1) is 0 Å². The Morgan fingerprint density at radius 2 is 1.60 bits per heavy atom. The molecule has 0 radical (unpaired) electrons. The molecular weight excluding hydrogens is 585 g/mol.